The normalized spacial score (nSPS) is 13.2. The maximum absolute atomic E-state index is 11.6. The molecule has 6 nitrogen and oxygen atoms in total. The van der Waals surface area contributed by atoms with Gasteiger partial charge in [0.05, 0.1) is 7.11 Å². The summed E-state index contributed by atoms with van der Waals surface area (Å²) < 4.78 is 5.10. The van der Waals surface area contributed by atoms with Crippen LogP contribution < -0.4 is 5.32 Å². The second-order valence-electron chi connectivity index (χ2n) is 5.26. The summed E-state index contributed by atoms with van der Waals surface area (Å²) in [5.74, 6) is -0.104. The number of nitrogens with one attached hydrogen (secondary N) is 1. The molecule has 19 heavy (non-hydrogen) atoms. The van der Waals surface area contributed by atoms with E-state index in [0.29, 0.717) is 0 Å². The summed E-state index contributed by atoms with van der Waals surface area (Å²) in [6.45, 7) is 7.10. The highest BCUT2D eigenvalue weighted by Gasteiger charge is 2.18. The van der Waals surface area contributed by atoms with Crippen LogP contribution in [0, 0.1) is 0 Å². The van der Waals surface area contributed by atoms with E-state index in [0.717, 1.165) is 0 Å². The molecule has 0 aromatic rings. The van der Waals surface area contributed by atoms with E-state index in [1.165, 1.54) is 24.4 Å². The van der Waals surface area contributed by atoms with Crippen molar-refractivity contribution in [2.75, 3.05) is 14.2 Å². The fourth-order valence-corrected chi connectivity index (χ4v) is 1.18. The van der Waals surface area contributed by atoms with Crippen molar-refractivity contribution in [3.05, 3.63) is 12.3 Å². The molecule has 0 bridgehead atoms. The lowest BCUT2D eigenvalue weighted by Gasteiger charge is -2.21. The molecule has 0 heterocycles. The average Bonchev–Trinajstić information content (AvgIpc) is 2.22. The van der Waals surface area contributed by atoms with Crippen LogP contribution >= 0.6 is 0 Å². The summed E-state index contributed by atoms with van der Waals surface area (Å²) in [7, 11) is 3.17. The van der Waals surface area contributed by atoms with Gasteiger partial charge in [-0.15, -0.1) is 0 Å². The molecule has 1 amide bonds. The van der Waals surface area contributed by atoms with Gasteiger partial charge in [0, 0.05) is 25.7 Å². The smallest absolute Gasteiger partial charge is 0.407 e. The predicted octanol–water partition coefficient (Wildman–Crippen LogP) is 1.87. The number of ketones is 1. The molecule has 6 heteroatoms. The van der Waals surface area contributed by atoms with Crippen LogP contribution in [0.15, 0.2) is 12.3 Å². The highest BCUT2D eigenvalue weighted by atomic mass is 16.7. The van der Waals surface area contributed by atoms with Crippen molar-refractivity contribution in [2.45, 2.75) is 45.8 Å². The summed E-state index contributed by atoms with van der Waals surface area (Å²) in [4.78, 5) is 27.9. The summed E-state index contributed by atoms with van der Waals surface area (Å²) >= 11 is 0. The van der Waals surface area contributed by atoms with Gasteiger partial charge in [-0.1, -0.05) is 0 Å². The van der Waals surface area contributed by atoms with Gasteiger partial charge in [-0.05, 0) is 33.8 Å². The molecule has 1 N–H and O–H groups in total. The number of amides is 1. The van der Waals surface area contributed by atoms with E-state index in [9.17, 15) is 9.59 Å². The minimum Gasteiger partial charge on any atom is -0.444 e. The van der Waals surface area contributed by atoms with Crippen LogP contribution in [0.25, 0.3) is 0 Å². The number of hydrogen-bond acceptors (Lipinski definition) is 5. The van der Waals surface area contributed by atoms with Crippen LogP contribution in [-0.4, -0.2) is 42.7 Å². The van der Waals surface area contributed by atoms with Crippen LogP contribution in [0.3, 0.4) is 0 Å². The van der Waals surface area contributed by atoms with Crippen molar-refractivity contribution >= 4 is 11.9 Å². The molecular weight excluding hydrogens is 248 g/mol. The Morgan fingerprint density at radius 1 is 1.37 bits per heavy atom. The number of carbonyl (C=O) groups excluding carboxylic acids is 2. The van der Waals surface area contributed by atoms with E-state index >= 15 is 0 Å². The van der Waals surface area contributed by atoms with Crippen molar-refractivity contribution in [1.82, 2.24) is 10.4 Å². The Kier molecular flexibility index (Phi) is 7.14. The second-order valence-corrected chi connectivity index (χ2v) is 5.26. The Morgan fingerprint density at radius 2 is 1.95 bits per heavy atom. The van der Waals surface area contributed by atoms with Gasteiger partial charge in [0.1, 0.15) is 5.60 Å². The first-order chi connectivity index (χ1) is 8.64. The van der Waals surface area contributed by atoms with Gasteiger partial charge < -0.3 is 10.1 Å². The predicted molar refractivity (Wildman–Crippen MR) is 72.4 cm³/mol. The van der Waals surface area contributed by atoms with Crippen LogP contribution in [-0.2, 0) is 14.4 Å². The summed E-state index contributed by atoms with van der Waals surface area (Å²) in [5, 5.41) is 4.01. The molecular formula is C13H24N2O4. The first-order valence-corrected chi connectivity index (χ1v) is 6.11. The largest absolute Gasteiger partial charge is 0.444 e. The Morgan fingerprint density at radius 3 is 2.42 bits per heavy atom. The van der Waals surface area contributed by atoms with Crippen molar-refractivity contribution in [3.63, 3.8) is 0 Å². The zero-order chi connectivity index (χ0) is 15.1. The van der Waals surface area contributed by atoms with E-state index < -0.39 is 11.7 Å². The minimum atomic E-state index is -0.547. The maximum Gasteiger partial charge on any atom is 0.407 e. The van der Waals surface area contributed by atoms with Crippen LogP contribution in [0.5, 0.6) is 0 Å². The molecule has 0 radical (unpaired) electrons. The quantitative estimate of drug-likeness (QED) is 0.590. The fraction of sp³-hybridized carbons (Fsp3) is 0.692. The van der Waals surface area contributed by atoms with Crippen molar-refractivity contribution in [1.29, 1.82) is 0 Å². The standard InChI is InChI=1S/C13H24N2O4/c1-10(14-12(17)19-13(2,3)4)9-11(16)7-8-15(5)18-6/h7-8,10H,9H2,1-6H3,(H,14,17)/b8-7+/t10-/m1/s1. The summed E-state index contributed by atoms with van der Waals surface area (Å²) in [6, 6.07) is -0.292. The highest BCUT2D eigenvalue weighted by Crippen LogP contribution is 2.07. The van der Waals surface area contributed by atoms with E-state index in [-0.39, 0.29) is 18.2 Å². The Bertz CT molecular complexity index is 334. The molecule has 0 fully saturated rings. The van der Waals surface area contributed by atoms with Crippen molar-refractivity contribution < 1.29 is 19.2 Å². The average molecular weight is 272 g/mol. The summed E-state index contributed by atoms with van der Waals surface area (Å²) in [5.41, 5.74) is -0.547. The molecule has 0 aliphatic rings. The maximum atomic E-state index is 11.6. The third-order valence-electron chi connectivity index (χ3n) is 2.03. The highest BCUT2D eigenvalue weighted by molar-refractivity contribution is 5.90. The monoisotopic (exact) mass is 272 g/mol. The van der Waals surface area contributed by atoms with Gasteiger partial charge in [0.25, 0.3) is 0 Å². The van der Waals surface area contributed by atoms with Gasteiger partial charge in [-0.2, -0.15) is 0 Å². The minimum absolute atomic E-state index is 0.104. The third-order valence-corrected chi connectivity index (χ3v) is 2.03. The lowest BCUT2D eigenvalue weighted by molar-refractivity contribution is -0.115. The molecule has 0 aliphatic heterocycles. The van der Waals surface area contributed by atoms with Crippen molar-refractivity contribution in [3.8, 4) is 0 Å². The number of carbonyl (C=O) groups is 2. The summed E-state index contributed by atoms with van der Waals surface area (Å²) in [6.07, 6.45) is 2.60. The van der Waals surface area contributed by atoms with Gasteiger partial charge in [-0.25, -0.2) is 4.79 Å². The zero-order valence-corrected chi connectivity index (χ0v) is 12.5. The third kappa shape index (κ3) is 10.1. The van der Waals surface area contributed by atoms with Gasteiger partial charge in [0.15, 0.2) is 5.78 Å². The lowest BCUT2D eigenvalue weighted by atomic mass is 10.1. The van der Waals surface area contributed by atoms with Crippen LogP contribution in [0.2, 0.25) is 0 Å². The van der Waals surface area contributed by atoms with E-state index in [1.807, 2.05) is 0 Å². The first kappa shape index (κ1) is 17.4. The van der Waals surface area contributed by atoms with Gasteiger partial charge in [-0.3, -0.25) is 14.7 Å². The molecule has 0 aromatic heterocycles. The zero-order valence-electron chi connectivity index (χ0n) is 12.5. The molecule has 110 valence electrons. The number of hydroxylamine groups is 2. The molecule has 0 saturated heterocycles. The molecule has 0 unspecified atom stereocenters. The lowest BCUT2D eigenvalue weighted by Crippen LogP contribution is -2.38. The van der Waals surface area contributed by atoms with Crippen molar-refractivity contribution in [2.24, 2.45) is 0 Å². The Hall–Kier alpha value is -1.56. The molecule has 0 saturated carbocycles. The molecule has 0 aliphatic carbocycles. The van der Waals surface area contributed by atoms with Crippen LogP contribution in [0.1, 0.15) is 34.1 Å². The number of hydrogen-bond donors (Lipinski definition) is 1. The number of ether oxygens (including phenoxy) is 1. The Balaban J connectivity index is 4.10. The topological polar surface area (TPSA) is 67.9 Å². The van der Waals surface area contributed by atoms with E-state index in [1.54, 1.807) is 34.7 Å². The Labute approximate surface area is 114 Å². The second kappa shape index (κ2) is 7.78. The van der Waals surface area contributed by atoms with E-state index in [4.69, 9.17) is 9.57 Å². The van der Waals surface area contributed by atoms with Gasteiger partial charge in [0.2, 0.25) is 0 Å². The molecule has 0 spiro atoms. The van der Waals surface area contributed by atoms with E-state index in [2.05, 4.69) is 5.32 Å². The van der Waals surface area contributed by atoms with Gasteiger partial charge >= 0.3 is 6.09 Å². The first-order valence-electron chi connectivity index (χ1n) is 6.11. The van der Waals surface area contributed by atoms with Crippen LogP contribution in [0.4, 0.5) is 4.79 Å². The molecule has 0 aromatic carbocycles. The number of nitrogens with zero attached hydrogens (tertiary/aromatic N) is 1. The molecule has 1 atom stereocenters. The fourth-order valence-electron chi connectivity index (χ4n) is 1.18. The number of alkyl carbamates (subject to hydrolysis) is 1. The number of allylic oxidation sites excluding steroid dienone is 1. The molecule has 0 rings (SSSR count). The SMILES string of the molecule is CON(C)/C=C/C(=O)C[C@@H](C)NC(=O)OC(C)(C)C. The number of rotatable bonds is 6.